The zero-order valence-corrected chi connectivity index (χ0v) is 15.9. The Hall–Kier alpha value is -1.19. The molecule has 1 aliphatic heterocycles. The predicted molar refractivity (Wildman–Crippen MR) is 93.9 cm³/mol. The summed E-state index contributed by atoms with van der Waals surface area (Å²) >= 11 is 0.705. The number of aliphatic hydroxyl groups is 1. The highest BCUT2D eigenvalue weighted by atomic mass is 32.1. The molecule has 9 heteroatoms. The number of piperidine rings is 1. The van der Waals surface area contributed by atoms with E-state index in [9.17, 15) is 23.1 Å². The third-order valence-electron chi connectivity index (χ3n) is 4.71. The highest BCUT2D eigenvalue weighted by Crippen LogP contribution is 2.42. The van der Waals surface area contributed by atoms with Crippen molar-refractivity contribution in [3.8, 4) is 0 Å². The van der Waals surface area contributed by atoms with E-state index in [-0.39, 0.29) is 6.54 Å². The zero-order valence-electron chi connectivity index (χ0n) is 15.1. The summed E-state index contributed by atoms with van der Waals surface area (Å²) < 4.78 is 40.1. The lowest BCUT2D eigenvalue weighted by molar-refractivity contribution is -0.267. The van der Waals surface area contributed by atoms with Gasteiger partial charge in [0, 0.05) is 17.6 Å². The van der Waals surface area contributed by atoms with E-state index in [4.69, 9.17) is 0 Å². The average Bonchev–Trinajstić information content (AvgIpc) is 2.99. The van der Waals surface area contributed by atoms with E-state index in [0.717, 1.165) is 38.4 Å². The molecule has 0 bridgehead atoms. The molecule has 2 heterocycles. The fourth-order valence-electron chi connectivity index (χ4n) is 2.95. The fourth-order valence-corrected chi connectivity index (χ4v) is 3.87. The number of alkyl halides is 3. The van der Waals surface area contributed by atoms with Gasteiger partial charge in [-0.3, -0.25) is 4.79 Å². The third-order valence-corrected chi connectivity index (χ3v) is 5.82. The molecule has 1 fully saturated rings. The van der Waals surface area contributed by atoms with Crippen LogP contribution < -0.4 is 5.32 Å². The molecular formula is C17H26F3N3O2S. The van der Waals surface area contributed by atoms with Crippen LogP contribution in [0.1, 0.15) is 43.3 Å². The highest BCUT2D eigenvalue weighted by molar-refractivity contribution is 7.09. The fraction of sp³-hybridized carbons (Fsp3) is 0.765. The van der Waals surface area contributed by atoms with Crippen molar-refractivity contribution in [1.82, 2.24) is 15.2 Å². The van der Waals surface area contributed by atoms with Gasteiger partial charge in [-0.15, -0.1) is 11.3 Å². The lowest BCUT2D eigenvalue weighted by Crippen LogP contribution is -2.46. The van der Waals surface area contributed by atoms with Crippen molar-refractivity contribution in [2.75, 3.05) is 26.2 Å². The monoisotopic (exact) mass is 393 g/mol. The van der Waals surface area contributed by atoms with Crippen molar-refractivity contribution in [3.63, 3.8) is 0 Å². The van der Waals surface area contributed by atoms with Crippen LogP contribution in [-0.2, 0) is 10.4 Å². The van der Waals surface area contributed by atoms with E-state index >= 15 is 0 Å². The number of nitrogens with one attached hydrogen (secondary N) is 1. The minimum absolute atomic E-state index is 0.287. The largest absolute Gasteiger partial charge is 0.424 e. The number of carbonyl (C=O) groups excluding carboxylic acids is 1. The number of aromatic nitrogens is 1. The van der Waals surface area contributed by atoms with Crippen LogP contribution in [0.25, 0.3) is 0 Å². The number of aryl methyl sites for hydroxylation is 1. The number of hydrogen-bond acceptors (Lipinski definition) is 5. The minimum atomic E-state index is -4.97. The molecule has 0 aliphatic carbocycles. The molecular weight excluding hydrogens is 367 g/mol. The Bertz CT molecular complexity index is 600. The van der Waals surface area contributed by atoms with Crippen LogP contribution >= 0.6 is 11.3 Å². The maximum Gasteiger partial charge on any atom is 0.424 e. The molecule has 1 unspecified atom stereocenters. The standard InChI is InChI=1S/C17H26F3N3O2S/c1-12-4-8-23(9-5-12)7-3-6-21-14(24)10-16(25,17(18,19)20)15-22-13(2)11-26-15/h11-12,25H,3-10H2,1-2H3,(H,21,24). The van der Waals surface area contributed by atoms with Crippen LogP contribution in [0.3, 0.4) is 0 Å². The van der Waals surface area contributed by atoms with Gasteiger partial charge in [0.25, 0.3) is 0 Å². The lowest BCUT2D eigenvalue weighted by Gasteiger charge is -2.30. The van der Waals surface area contributed by atoms with Crippen molar-refractivity contribution in [2.24, 2.45) is 5.92 Å². The second-order valence-corrected chi connectivity index (χ2v) is 7.91. The number of carbonyl (C=O) groups is 1. The Labute approximate surface area is 155 Å². The molecule has 0 spiro atoms. The number of halogens is 3. The molecule has 0 radical (unpaired) electrons. The normalized spacial score (nSPS) is 19.3. The van der Waals surface area contributed by atoms with E-state index in [0.29, 0.717) is 23.5 Å². The van der Waals surface area contributed by atoms with E-state index < -0.39 is 29.1 Å². The SMILES string of the molecule is Cc1csc(C(O)(CC(=O)NCCCN2CCC(C)CC2)C(F)(F)F)n1. The first-order valence-electron chi connectivity index (χ1n) is 8.82. The zero-order chi connectivity index (χ0) is 19.4. The Morgan fingerprint density at radius 1 is 1.42 bits per heavy atom. The number of rotatable bonds is 7. The number of likely N-dealkylation sites (tertiary alicyclic amines) is 1. The molecule has 1 atom stereocenters. The van der Waals surface area contributed by atoms with Crippen LogP contribution in [0.4, 0.5) is 13.2 Å². The van der Waals surface area contributed by atoms with Crippen LogP contribution in [0.2, 0.25) is 0 Å². The van der Waals surface area contributed by atoms with E-state index in [1.165, 1.54) is 12.3 Å². The topological polar surface area (TPSA) is 65.5 Å². The van der Waals surface area contributed by atoms with Crippen molar-refractivity contribution in [3.05, 3.63) is 16.1 Å². The second-order valence-electron chi connectivity index (χ2n) is 7.06. The Balaban J connectivity index is 1.82. The highest BCUT2D eigenvalue weighted by Gasteiger charge is 2.58. The molecule has 1 aromatic heterocycles. The van der Waals surface area contributed by atoms with Gasteiger partial charge in [-0.2, -0.15) is 13.2 Å². The van der Waals surface area contributed by atoms with Gasteiger partial charge in [-0.25, -0.2) is 4.98 Å². The Kier molecular flexibility index (Phi) is 7.04. The first-order valence-corrected chi connectivity index (χ1v) is 9.70. The van der Waals surface area contributed by atoms with E-state index in [2.05, 4.69) is 22.1 Å². The van der Waals surface area contributed by atoms with Crippen molar-refractivity contribution >= 4 is 17.2 Å². The van der Waals surface area contributed by atoms with Gasteiger partial charge in [-0.1, -0.05) is 6.92 Å². The van der Waals surface area contributed by atoms with Gasteiger partial charge in [0.2, 0.25) is 11.5 Å². The van der Waals surface area contributed by atoms with Gasteiger partial charge in [-0.05, 0) is 51.7 Å². The molecule has 1 aliphatic rings. The van der Waals surface area contributed by atoms with Gasteiger partial charge in [0.05, 0.1) is 6.42 Å². The van der Waals surface area contributed by atoms with Crippen LogP contribution in [0, 0.1) is 12.8 Å². The summed E-state index contributed by atoms with van der Waals surface area (Å²) in [6.07, 6.45) is -3.08. The molecule has 26 heavy (non-hydrogen) atoms. The maximum atomic E-state index is 13.4. The van der Waals surface area contributed by atoms with Crippen LogP contribution in [0.15, 0.2) is 5.38 Å². The quantitative estimate of drug-likeness (QED) is 0.699. The summed E-state index contributed by atoms with van der Waals surface area (Å²) in [6.45, 7) is 6.90. The number of amides is 1. The van der Waals surface area contributed by atoms with Crippen molar-refractivity contribution in [1.29, 1.82) is 0 Å². The number of thiazole rings is 1. The van der Waals surface area contributed by atoms with E-state index in [1.54, 1.807) is 0 Å². The number of nitrogens with zero attached hydrogens (tertiary/aromatic N) is 2. The summed E-state index contributed by atoms with van der Waals surface area (Å²) in [5.74, 6) is -0.0922. The summed E-state index contributed by atoms with van der Waals surface area (Å²) in [7, 11) is 0. The van der Waals surface area contributed by atoms with Crippen molar-refractivity contribution in [2.45, 2.75) is 51.3 Å². The van der Waals surface area contributed by atoms with Gasteiger partial charge in [0.1, 0.15) is 5.01 Å². The minimum Gasteiger partial charge on any atom is -0.374 e. The molecule has 1 amide bonds. The maximum absolute atomic E-state index is 13.4. The summed E-state index contributed by atoms with van der Waals surface area (Å²) in [5.41, 5.74) is -2.87. The molecule has 1 saturated heterocycles. The molecule has 0 saturated carbocycles. The second kappa shape index (κ2) is 8.67. The predicted octanol–water partition coefficient (Wildman–Crippen LogP) is 2.83. The summed E-state index contributed by atoms with van der Waals surface area (Å²) in [4.78, 5) is 18.0. The molecule has 2 rings (SSSR count). The van der Waals surface area contributed by atoms with Crippen LogP contribution in [0.5, 0.6) is 0 Å². The average molecular weight is 393 g/mol. The van der Waals surface area contributed by atoms with E-state index in [1.807, 2.05) is 0 Å². The first kappa shape index (κ1) is 21.1. The molecule has 2 N–H and O–H groups in total. The summed E-state index contributed by atoms with van der Waals surface area (Å²) in [5, 5.41) is 13.5. The number of hydrogen-bond donors (Lipinski definition) is 2. The Morgan fingerprint density at radius 2 is 2.08 bits per heavy atom. The Morgan fingerprint density at radius 3 is 2.62 bits per heavy atom. The van der Waals surface area contributed by atoms with Crippen LogP contribution in [-0.4, -0.2) is 53.3 Å². The molecule has 148 valence electrons. The molecule has 1 aromatic rings. The first-order chi connectivity index (χ1) is 12.1. The molecule has 0 aromatic carbocycles. The summed E-state index contributed by atoms with van der Waals surface area (Å²) in [6, 6.07) is 0. The molecule has 5 nitrogen and oxygen atoms in total. The lowest BCUT2D eigenvalue weighted by atomic mass is 9.99. The van der Waals surface area contributed by atoms with Gasteiger partial charge >= 0.3 is 6.18 Å². The van der Waals surface area contributed by atoms with Gasteiger partial charge < -0.3 is 15.3 Å². The van der Waals surface area contributed by atoms with Crippen molar-refractivity contribution < 1.29 is 23.1 Å². The van der Waals surface area contributed by atoms with Gasteiger partial charge in [0.15, 0.2) is 0 Å². The third kappa shape index (κ3) is 5.40. The smallest absolute Gasteiger partial charge is 0.374 e.